The number of hydrogen-bond acceptors (Lipinski definition) is 3. The van der Waals surface area contributed by atoms with E-state index in [1.807, 2.05) is 18.2 Å². The van der Waals surface area contributed by atoms with Gasteiger partial charge in [-0.2, -0.15) is 0 Å². The van der Waals surface area contributed by atoms with Crippen LogP contribution in [-0.4, -0.2) is 10.8 Å². The van der Waals surface area contributed by atoms with Gasteiger partial charge in [0, 0.05) is 12.5 Å². The zero-order valence-corrected chi connectivity index (χ0v) is 8.65. The lowest BCUT2D eigenvalue weighted by molar-refractivity contribution is 0.101. The van der Waals surface area contributed by atoms with Gasteiger partial charge >= 0.3 is 0 Å². The van der Waals surface area contributed by atoms with Crippen LogP contribution in [0, 0.1) is 13.8 Å². The van der Waals surface area contributed by atoms with Crippen LogP contribution in [0.2, 0.25) is 0 Å². The predicted molar refractivity (Wildman–Crippen MR) is 55.9 cm³/mol. The molecule has 0 amide bonds. The van der Waals surface area contributed by atoms with Gasteiger partial charge in [0.2, 0.25) is 5.78 Å². The summed E-state index contributed by atoms with van der Waals surface area (Å²) in [7, 11) is 0. The minimum Gasteiger partial charge on any atom is -0.437 e. The van der Waals surface area contributed by atoms with Crippen LogP contribution in [0.1, 0.15) is 27.7 Å². The van der Waals surface area contributed by atoms with Crippen LogP contribution in [0.5, 0.6) is 0 Å². The SMILES string of the molecule is Cc1nc(C)c(C(=O)c2ccccc2)o1. The molecule has 0 N–H and O–H groups in total. The van der Waals surface area contributed by atoms with Crippen LogP contribution < -0.4 is 0 Å². The Bertz CT molecular complexity index is 486. The van der Waals surface area contributed by atoms with Gasteiger partial charge < -0.3 is 4.42 Å². The van der Waals surface area contributed by atoms with Crippen molar-refractivity contribution in [2.75, 3.05) is 0 Å². The van der Waals surface area contributed by atoms with Gasteiger partial charge in [0.05, 0.1) is 5.69 Å². The normalized spacial score (nSPS) is 10.3. The van der Waals surface area contributed by atoms with Crippen LogP contribution >= 0.6 is 0 Å². The Morgan fingerprint density at radius 1 is 1.20 bits per heavy atom. The van der Waals surface area contributed by atoms with Gasteiger partial charge in [-0.3, -0.25) is 4.79 Å². The second-order valence-electron chi connectivity index (χ2n) is 3.34. The number of benzene rings is 1. The summed E-state index contributed by atoms with van der Waals surface area (Å²) in [6, 6.07) is 9.05. The zero-order valence-electron chi connectivity index (χ0n) is 8.65. The Hall–Kier alpha value is -1.90. The Morgan fingerprint density at radius 2 is 1.87 bits per heavy atom. The fourth-order valence-electron chi connectivity index (χ4n) is 1.46. The fraction of sp³-hybridized carbons (Fsp3) is 0.167. The number of rotatable bonds is 2. The van der Waals surface area contributed by atoms with Crippen molar-refractivity contribution in [1.29, 1.82) is 0 Å². The van der Waals surface area contributed by atoms with Crippen LogP contribution in [0.25, 0.3) is 0 Å². The summed E-state index contributed by atoms with van der Waals surface area (Å²) in [5, 5.41) is 0. The molecule has 0 fully saturated rings. The van der Waals surface area contributed by atoms with Gasteiger partial charge in [-0.25, -0.2) is 4.98 Å². The highest BCUT2D eigenvalue weighted by molar-refractivity contribution is 6.07. The molecule has 1 aromatic carbocycles. The van der Waals surface area contributed by atoms with Gasteiger partial charge in [-0.15, -0.1) is 0 Å². The van der Waals surface area contributed by atoms with E-state index >= 15 is 0 Å². The number of aromatic nitrogens is 1. The van der Waals surface area contributed by atoms with Gasteiger partial charge in [0.25, 0.3) is 0 Å². The first-order valence-electron chi connectivity index (χ1n) is 4.72. The van der Waals surface area contributed by atoms with Crippen molar-refractivity contribution in [2.45, 2.75) is 13.8 Å². The molecule has 0 saturated carbocycles. The number of carbonyl (C=O) groups is 1. The standard InChI is InChI=1S/C12H11NO2/c1-8-12(15-9(2)13-8)11(14)10-6-4-3-5-7-10/h3-7H,1-2H3. The smallest absolute Gasteiger partial charge is 0.230 e. The van der Waals surface area contributed by atoms with E-state index in [2.05, 4.69) is 4.98 Å². The number of carbonyl (C=O) groups excluding carboxylic acids is 1. The van der Waals surface area contributed by atoms with Gasteiger partial charge in [-0.05, 0) is 6.92 Å². The second kappa shape index (κ2) is 3.69. The minimum atomic E-state index is -0.117. The summed E-state index contributed by atoms with van der Waals surface area (Å²) in [4.78, 5) is 16.0. The van der Waals surface area contributed by atoms with Crippen molar-refractivity contribution in [2.24, 2.45) is 0 Å². The van der Waals surface area contributed by atoms with Crippen LogP contribution in [-0.2, 0) is 0 Å². The summed E-state index contributed by atoms with van der Waals surface area (Å²) in [5.74, 6) is 0.735. The van der Waals surface area contributed by atoms with Crippen LogP contribution in [0.15, 0.2) is 34.7 Å². The highest BCUT2D eigenvalue weighted by Crippen LogP contribution is 2.14. The van der Waals surface area contributed by atoms with E-state index in [0.29, 0.717) is 22.9 Å². The second-order valence-corrected chi connectivity index (χ2v) is 3.34. The molecule has 2 rings (SSSR count). The van der Waals surface area contributed by atoms with E-state index in [4.69, 9.17) is 4.42 Å². The Labute approximate surface area is 87.8 Å². The molecule has 0 saturated heterocycles. The van der Waals surface area contributed by atoms with Gasteiger partial charge in [0.15, 0.2) is 11.7 Å². The number of ketones is 1. The molecule has 0 radical (unpaired) electrons. The third-order valence-corrected chi connectivity index (χ3v) is 2.15. The van der Waals surface area contributed by atoms with Gasteiger partial charge in [0.1, 0.15) is 0 Å². The molecule has 15 heavy (non-hydrogen) atoms. The molecule has 2 aromatic rings. The van der Waals surface area contributed by atoms with Crippen molar-refractivity contribution in [3.05, 3.63) is 53.2 Å². The molecular formula is C12H11NO2. The average molecular weight is 201 g/mol. The fourth-order valence-corrected chi connectivity index (χ4v) is 1.46. The minimum absolute atomic E-state index is 0.117. The molecule has 3 heteroatoms. The number of aryl methyl sites for hydroxylation is 2. The summed E-state index contributed by atoms with van der Waals surface area (Å²) in [5.41, 5.74) is 1.26. The molecule has 3 nitrogen and oxygen atoms in total. The van der Waals surface area contributed by atoms with Crippen molar-refractivity contribution >= 4 is 5.78 Å². The molecule has 0 spiro atoms. The van der Waals surface area contributed by atoms with Crippen LogP contribution in [0.4, 0.5) is 0 Å². The van der Waals surface area contributed by atoms with Crippen molar-refractivity contribution in [3.63, 3.8) is 0 Å². The molecule has 0 bridgehead atoms. The maximum Gasteiger partial charge on any atom is 0.230 e. The number of nitrogens with zero attached hydrogens (tertiary/aromatic N) is 1. The third kappa shape index (κ3) is 1.81. The molecular weight excluding hydrogens is 190 g/mol. The quantitative estimate of drug-likeness (QED) is 0.701. The highest BCUT2D eigenvalue weighted by atomic mass is 16.4. The van der Waals surface area contributed by atoms with E-state index in [9.17, 15) is 4.79 Å². The summed E-state index contributed by atoms with van der Waals surface area (Å²) in [6.07, 6.45) is 0. The lowest BCUT2D eigenvalue weighted by Gasteiger charge is -1.96. The van der Waals surface area contributed by atoms with E-state index in [1.165, 1.54) is 0 Å². The van der Waals surface area contributed by atoms with Crippen molar-refractivity contribution in [3.8, 4) is 0 Å². The zero-order chi connectivity index (χ0) is 10.8. The summed E-state index contributed by atoms with van der Waals surface area (Å²) in [6.45, 7) is 3.50. The van der Waals surface area contributed by atoms with E-state index in [1.54, 1.807) is 26.0 Å². The van der Waals surface area contributed by atoms with E-state index in [-0.39, 0.29) is 5.78 Å². The average Bonchev–Trinajstić information content (AvgIpc) is 2.58. The van der Waals surface area contributed by atoms with Gasteiger partial charge in [-0.1, -0.05) is 30.3 Å². The Morgan fingerprint density at radius 3 is 2.40 bits per heavy atom. The van der Waals surface area contributed by atoms with Crippen molar-refractivity contribution < 1.29 is 9.21 Å². The topological polar surface area (TPSA) is 43.1 Å². The van der Waals surface area contributed by atoms with Crippen LogP contribution in [0.3, 0.4) is 0 Å². The molecule has 0 unspecified atom stereocenters. The summed E-state index contributed by atoms with van der Waals surface area (Å²) >= 11 is 0. The molecule has 0 aliphatic rings. The van der Waals surface area contributed by atoms with Crippen molar-refractivity contribution in [1.82, 2.24) is 4.98 Å². The molecule has 0 atom stereocenters. The lowest BCUT2D eigenvalue weighted by Crippen LogP contribution is -2.01. The van der Waals surface area contributed by atoms with E-state index in [0.717, 1.165) is 0 Å². The number of hydrogen-bond donors (Lipinski definition) is 0. The highest BCUT2D eigenvalue weighted by Gasteiger charge is 2.16. The summed E-state index contributed by atoms with van der Waals surface area (Å²) < 4.78 is 5.27. The first-order valence-corrected chi connectivity index (χ1v) is 4.72. The first-order chi connectivity index (χ1) is 7.18. The van der Waals surface area contributed by atoms with E-state index < -0.39 is 0 Å². The first kappa shape index (κ1) is 9.65. The molecule has 0 aliphatic carbocycles. The number of oxazole rings is 1. The maximum atomic E-state index is 11.9. The monoisotopic (exact) mass is 201 g/mol. The molecule has 0 aliphatic heterocycles. The molecule has 1 aromatic heterocycles. The largest absolute Gasteiger partial charge is 0.437 e. The Kier molecular flexibility index (Phi) is 2.37. The predicted octanol–water partition coefficient (Wildman–Crippen LogP) is 2.52. The maximum absolute atomic E-state index is 11.9. The molecule has 1 heterocycles. The molecule has 76 valence electrons. The Balaban J connectivity index is 2.41. The third-order valence-electron chi connectivity index (χ3n) is 2.15. The lowest BCUT2D eigenvalue weighted by atomic mass is 10.1.